The van der Waals surface area contributed by atoms with Crippen LogP contribution in [0.4, 0.5) is 0 Å². The zero-order valence-corrected chi connectivity index (χ0v) is 11.8. The van der Waals surface area contributed by atoms with Gasteiger partial charge in [0.2, 0.25) is 16.4 Å². The number of hydrogen-bond acceptors (Lipinski definition) is 4. The Kier molecular flexibility index (Phi) is 5.66. The van der Waals surface area contributed by atoms with Crippen LogP contribution >= 0.6 is 0 Å². The highest BCUT2D eigenvalue weighted by Crippen LogP contribution is 2.15. The van der Waals surface area contributed by atoms with Crippen LogP contribution in [0.15, 0.2) is 29.2 Å². The van der Waals surface area contributed by atoms with Gasteiger partial charge in [-0.05, 0) is 19.1 Å². The van der Waals surface area contributed by atoms with Gasteiger partial charge in [0.15, 0.2) is 0 Å². The number of carbonyl (C=O) groups excluding carboxylic acids is 1. The maximum absolute atomic E-state index is 12.3. The van der Waals surface area contributed by atoms with E-state index < -0.39 is 22.5 Å². The first-order valence-electron chi connectivity index (χ1n) is 5.83. The molecule has 0 aliphatic carbocycles. The molecule has 2 N–H and O–H groups in total. The molecule has 1 aromatic carbocycles. The van der Waals surface area contributed by atoms with Gasteiger partial charge < -0.3 is 10.4 Å². The average molecular weight is 300 g/mol. The van der Waals surface area contributed by atoms with Crippen molar-refractivity contribution in [3.8, 4) is 0 Å². The predicted molar refractivity (Wildman–Crippen MR) is 71.6 cm³/mol. The molecule has 8 heteroatoms. The number of benzene rings is 1. The van der Waals surface area contributed by atoms with E-state index >= 15 is 0 Å². The van der Waals surface area contributed by atoms with Crippen LogP contribution in [0, 0.1) is 6.92 Å². The standard InChI is InChI=1S/C12H16N2O5S/c1-10-2-4-11(5-3-10)20(18,19)14(8-12(16)17)7-6-13-9-15/h2-5,9H,6-8H2,1H3,(H,13,15)(H,16,17). The van der Waals surface area contributed by atoms with E-state index in [1.54, 1.807) is 12.1 Å². The Hall–Kier alpha value is -1.93. The highest BCUT2D eigenvalue weighted by atomic mass is 32.2. The van der Waals surface area contributed by atoms with Gasteiger partial charge in [0, 0.05) is 13.1 Å². The Morgan fingerprint density at radius 3 is 2.45 bits per heavy atom. The lowest BCUT2D eigenvalue weighted by Gasteiger charge is -2.20. The average Bonchev–Trinajstić information content (AvgIpc) is 2.38. The molecule has 0 spiro atoms. The predicted octanol–water partition coefficient (Wildman–Crippen LogP) is -0.184. The lowest BCUT2D eigenvalue weighted by molar-refractivity contribution is -0.137. The minimum atomic E-state index is -3.90. The van der Waals surface area contributed by atoms with E-state index in [9.17, 15) is 18.0 Å². The van der Waals surface area contributed by atoms with Gasteiger partial charge in [-0.2, -0.15) is 4.31 Å². The van der Waals surface area contributed by atoms with Gasteiger partial charge in [0.1, 0.15) is 6.54 Å². The van der Waals surface area contributed by atoms with Crippen LogP contribution in [0.1, 0.15) is 5.56 Å². The van der Waals surface area contributed by atoms with Crippen molar-refractivity contribution in [1.29, 1.82) is 0 Å². The van der Waals surface area contributed by atoms with Gasteiger partial charge >= 0.3 is 5.97 Å². The van der Waals surface area contributed by atoms with Crippen molar-refractivity contribution in [3.63, 3.8) is 0 Å². The van der Waals surface area contributed by atoms with Crippen LogP contribution in [-0.4, -0.2) is 49.8 Å². The Morgan fingerprint density at radius 1 is 1.35 bits per heavy atom. The van der Waals surface area contributed by atoms with Crippen LogP contribution in [0.3, 0.4) is 0 Å². The van der Waals surface area contributed by atoms with E-state index in [4.69, 9.17) is 5.11 Å². The summed E-state index contributed by atoms with van der Waals surface area (Å²) in [6.07, 6.45) is 0.428. The smallest absolute Gasteiger partial charge is 0.318 e. The number of aryl methyl sites for hydroxylation is 1. The second-order valence-corrected chi connectivity index (χ2v) is 6.06. The summed E-state index contributed by atoms with van der Waals surface area (Å²) >= 11 is 0. The van der Waals surface area contributed by atoms with Crippen LogP contribution in [0.2, 0.25) is 0 Å². The first kappa shape index (κ1) is 16.1. The van der Waals surface area contributed by atoms with E-state index in [1.807, 2.05) is 6.92 Å². The Labute approximate surface area is 117 Å². The molecule has 0 radical (unpaired) electrons. The number of nitrogens with one attached hydrogen (secondary N) is 1. The number of nitrogens with zero attached hydrogens (tertiary/aromatic N) is 1. The number of carboxylic acids is 1. The topological polar surface area (TPSA) is 104 Å². The number of sulfonamides is 1. The summed E-state index contributed by atoms with van der Waals surface area (Å²) in [6, 6.07) is 6.12. The van der Waals surface area contributed by atoms with E-state index in [2.05, 4.69) is 5.32 Å². The maximum atomic E-state index is 12.3. The molecule has 20 heavy (non-hydrogen) atoms. The van der Waals surface area contributed by atoms with Crippen LogP contribution in [0.5, 0.6) is 0 Å². The molecule has 110 valence electrons. The van der Waals surface area contributed by atoms with Crippen LogP contribution < -0.4 is 5.32 Å². The summed E-state index contributed by atoms with van der Waals surface area (Å²) in [5, 5.41) is 11.1. The van der Waals surface area contributed by atoms with Crippen molar-refractivity contribution >= 4 is 22.4 Å². The highest BCUT2D eigenvalue weighted by molar-refractivity contribution is 7.89. The second kappa shape index (κ2) is 7.01. The molecule has 7 nitrogen and oxygen atoms in total. The van der Waals surface area contributed by atoms with Crippen molar-refractivity contribution in [2.45, 2.75) is 11.8 Å². The van der Waals surface area contributed by atoms with Crippen molar-refractivity contribution < 1.29 is 23.1 Å². The molecule has 0 fully saturated rings. The molecule has 1 aromatic rings. The summed E-state index contributed by atoms with van der Waals surface area (Å²) in [6.45, 7) is 1.10. The Balaban J connectivity index is 2.99. The van der Waals surface area contributed by atoms with Crippen molar-refractivity contribution in [1.82, 2.24) is 9.62 Å². The fourth-order valence-corrected chi connectivity index (χ4v) is 2.93. The third-order valence-corrected chi connectivity index (χ3v) is 4.42. The quantitative estimate of drug-likeness (QED) is 0.512. The molecule has 0 saturated carbocycles. The first-order chi connectivity index (χ1) is 9.37. The molecule has 0 unspecified atom stereocenters. The molecular formula is C12H16N2O5S. The normalized spacial score (nSPS) is 11.3. The number of rotatable bonds is 8. The molecule has 0 bridgehead atoms. The van der Waals surface area contributed by atoms with Gasteiger partial charge in [-0.15, -0.1) is 0 Å². The van der Waals surface area contributed by atoms with Gasteiger partial charge in [-0.25, -0.2) is 8.42 Å². The number of carbonyl (C=O) groups is 2. The molecule has 1 rings (SSSR count). The van der Waals surface area contributed by atoms with Gasteiger partial charge in [-0.3, -0.25) is 9.59 Å². The fraction of sp³-hybridized carbons (Fsp3) is 0.333. The van der Waals surface area contributed by atoms with E-state index in [0.717, 1.165) is 9.87 Å². The monoisotopic (exact) mass is 300 g/mol. The van der Waals surface area contributed by atoms with Crippen molar-refractivity contribution in [3.05, 3.63) is 29.8 Å². The fourth-order valence-electron chi connectivity index (χ4n) is 1.54. The SMILES string of the molecule is Cc1ccc(S(=O)(=O)N(CCNC=O)CC(=O)O)cc1. The minimum absolute atomic E-state index is 0.0236. The minimum Gasteiger partial charge on any atom is -0.480 e. The van der Waals surface area contributed by atoms with Crippen LogP contribution in [-0.2, 0) is 19.6 Å². The maximum Gasteiger partial charge on any atom is 0.318 e. The highest BCUT2D eigenvalue weighted by Gasteiger charge is 2.25. The molecule has 0 heterocycles. The number of amides is 1. The molecular weight excluding hydrogens is 284 g/mol. The molecule has 0 saturated heterocycles. The van der Waals surface area contributed by atoms with E-state index in [0.29, 0.717) is 6.41 Å². The zero-order chi connectivity index (χ0) is 15.2. The van der Waals surface area contributed by atoms with Gasteiger partial charge in [0.25, 0.3) is 0 Å². The van der Waals surface area contributed by atoms with E-state index in [-0.39, 0.29) is 18.0 Å². The zero-order valence-electron chi connectivity index (χ0n) is 10.9. The van der Waals surface area contributed by atoms with Gasteiger partial charge in [-0.1, -0.05) is 17.7 Å². The number of carboxylic acid groups (broad SMARTS) is 1. The largest absolute Gasteiger partial charge is 0.480 e. The van der Waals surface area contributed by atoms with Crippen molar-refractivity contribution in [2.75, 3.05) is 19.6 Å². The summed E-state index contributed by atoms with van der Waals surface area (Å²) in [5.74, 6) is -1.26. The molecule has 0 atom stereocenters. The summed E-state index contributed by atoms with van der Waals surface area (Å²) in [7, 11) is -3.90. The summed E-state index contributed by atoms with van der Waals surface area (Å²) < 4.78 is 25.5. The molecule has 0 aliphatic heterocycles. The third-order valence-electron chi connectivity index (χ3n) is 2.56. The lowest BCUT2D eigenvalue weighted by Crippen LogP contribution is -2.40. The Bertz CT molecular complexity index is 568. The Morgan fingerprint density at radius 2 is 1.95 bits per heavy atom. The number of aliphatic carboxylic acids is 1. The van der Waals surface area contributed by atoms with Gasteiger partial charge in [0.05, 0.1) is 4.90 Å². The van der Waals surface area contributed by atoms with Crippen LogP contribution in [0.25, 0.3) is 0 Å². The van der Waals surface area contributed by atoms with E-state index in [1.165, 1.54) is 12.1 Å². The lowest BCUT2D eigenvalue weighted by atomic mass is 10.2. The molecule has 0 aliphatic rings. The second-order valence-electron chi connectivity index (χ2n) is 4.12. The van der Waals surface area contributed by atoms with Crippen molar-refractivity contribution in [2.24, 2.45) is 0 Å². The molecule has 1 amide bonds. The number of hydrogen-bond donors (Lipinski definition) is 2. The first-order valence-corrected chi connectivity index (χ1v) is 7.27. The summed E-state index contributed by atoms with van der Waals surface area (Å²) in [5.41, 5.74) is 0.899. The third kappa shape index (κ3) is 4.32. The summed E-state index contributed by atoms with van der Waals surface area (Å²) in [4.78, 5) is 21.0. The molecule has 0 aromatic heterocycles.